The summed E-state index contributed by atoms with van der Waals surface area (Å²) in [5.41, 5.74) is 4.71. The Kier molecular flexibility index (Phi) is 8.35. The van der Waals surface area contributed by atoms with E-state index in [1.165, 1.54) is 9.80 Å². The number of anilines is 2. The summed E-state index contributed by atoms with van der Waals surface area (Å²) in [4.78, 5) is 42.7. The predicted molar refractivity (Wildman–Crippen MR) is 155 cm³/mol. The maximum absolute atomic E-state index is 13.7. The van der Waals surface area contributed by atoms with Gasteiger partial charge in [0.15, 0.2) is 5.83 Å². The highest BCUT2D eigenvalue weighted by atomic mass is 19.1. The van der Waals surface area contributed by atoms with E-state index < -0.39 is 17.8 Å². The van der Waals surface area contributed by atoms with Crippen molar-refractivity contribution in [1.29, 1.82) is 0 Å². The van der Waals surface area contributed by atoms with E-state index in [4.69, 9.17) is 21.3 Å². The SMILES string of the molecule is [C-]#[N+]C[C@H]1CN(c2nc(NCCC(=O)N(C)C)nc3c2COC(c2c(C)ccc4[nH]ncc24)C3)CCN1C(=O)C(=C)F. The highest BCUT2D eigenvalue weighted by Gasteiger charge is 2.37. The fraction of sp³-hybridized carbons (Fsp3) is 0.448. The number of aromatic amines is 1. The molecule has 1 unspecified atom stereocenters. The van der Waals surface area contributed by atoms with E-state index in [1.54, 1.807) is 20.3 Å². The van der Waals surface area contributed by atoms with Crippen molar-refractivity contribution >= 4 is 34.5 Å². The predicted octanol–water partition coefficient (Wildman–Crippen LogP) is 2.79. The minimum atomic E-state index is -1.04. The second-order valence-corrected chi connectivity index (χ2v) is 10.7. The zero-order chi connectivity index (χ0) is 30.0. The van der Waals surface area contributed by atoms with Gasteiger partial charge in [0, 0.05) is 64.1 Å². The van der Waals surface area contributed by atoms with Crippen LogP contribution in [0.4, 0.5) is 16.2 Å². The Bertz CT molecular complexity index is 1560. The van der Waals surface area contributed by atoms with E-state index >= 15 is 0 Å². The average Bonchev–Trinajstić information content (AvgIpc) is 3.45. The number of nitrogens with one attached hydrogen (secondary N) is 2. The Morgan fingerprint density at radius 1 is 1.31 bits per heavy atom. The van der Waals surface area contributed by atoms with Crippen LogP contribution in [0.3, 0.4) is 0 Å². The Hall–Kier alpha value is -4.57. The maximum atomic E-state index is 13.7. The number of H-pyrrole nitrogens is 1. The molecule has 1 aromatic carbocycles. The van der Waals surface area contributed by atoms with Crippen molar-refractivity contribution in [3.8, 4) is 0 Å². The molecule has 0 radical (unpaired) electrons. The molecule has 2 aliphatic heterocycles. The van der Waals surface area contributed by atoms with Gasteiger partial charge in [0.25, 0.3) is 5.91 Å². The number of rotatable bonds is 8. The summed E-state index contributed by atoms with van der Waals surface area (Å²) in [6.45, 7) is 14.1. The summed E-state index contributed by atoms with van der Waals surface area (Å²) in [5, 5.41) is 11.4. The minimum Gasteiger partial charge on any atom is -0.368 e. The van der Waals surface area contributed by atoms with Gasteiger partial charge < -0.3 is 29.6 Å². The molecule has 4 heterocycles. The average molecular weight is 576 g/mol. The van der Waals surface area contributed by atoms with Gasteiger partial charge in [-0.2, -0.15) is 10.1 Å². The Balaban J connectivity index is 1.48. The second kappa shape index (κ2) is 12.1. The Labute approximate surface area is 243 Å². The molecule has 42 heavy (non-hydrogen) atoms. The number of ether oxygens (including phenoxy) is 1. The van der Waals surface area contributed by atoms with Crippen LogP contribution in [0.1, 0.15) is 34.9 Å². The maximum Gasteiger partial charge on any atom is 0.282 e. The first-order chi connectivity index (χ1) is 20.2. The molecule has 0 bridgehead atoms. The van der Waals surface area contributed by atoms with Gasteiger partial charge in [0.05, 0.1) is 30.1 Å². The number of hydrogen-bond acceptors (Lipinski definition) is 8. The van der Waals surface area contributed by atoms with Gasteiger partial charge in [-0.25, -0.2) is 15.9 Å². The third kappa shape index (κ3) is 5.75. The molecule has 12 nitrogen and oxygen atoms in total. The third-order valence-corrected chi connectivity index (χ3v) is 7.78. The fourth-order valence-corrected chi connectivity index (χ4v) is 5.59. The van der Waals surface area contributed by atoms with Crippen molar-refractivity contribution in [3.63, 3.8) is 0 Å². The number of piperazine rings is 1. The minimum absolute atomic E-state index is 0.0185. The first-order valence-electron chi connectivity index (χ1n) is 13.8. The van der Waals surface area contributed by atoms with Gasteiger partial charge in [0.1, 0.15) is 11.9 Å². The number of aryl methyl sites for hydroxylation is 1. The number of benzene rings is 1. The van der Waals surface area contributed by atoms with E-state index in [-0.39, 0.29) is 38.1 Å². The molecule has 2 aliphatic rings. The Morgan fingerprint density at radius 3 is 2.86 bits per heavy atom. The molecular formula is C29H34FN9O3. The van der Waals surface area contributed by atoms with E-state index in [0.717, 1.165) is 33.3 Å². The van der Waals surface area contributed by atoms with Crippen LogP contribution in [-0.2, 0) is 27.4 Å². The van der Waals surface area contributed by atoms with Crippen molar-refractivity contribution in [1.82, 2.24) is 30.0 Å². The molecule has 2 aromatic heterocycles. The fourth-order valence-electron chi connectivity index (χ4n) is 5.59. The molecule has 2 amide bonds. The molecule has 13 heteroatoms. The number of hydrogen-bond donors (Lipinski definition) is 2. The van der Waals surface area contributed by atoms with Crippen LogP contribution in [0, 0.1) is 13.5 Å². The van der Waals surface area contributed by atoms with Crippen molar-refractivity contribution in [2.75, 3.05) is 57.0 Å². The largest absolute Gasteiger partial charge is 0.368 e. The van der Waals surface area contributed by atoms with E-state index in [9.17, 15) is 14.0 Å². The first-order valence-corrected chi connectivity index (χ1v) is 13.8. The number of aromatic nitrogens is 4. The molecular weight excluding hydrogens is 541 g/mol. The van der Waals surface area contributed by atoms with Gasteiger partial charge in [-0.15, -0.1) is 0 Å². The van der Waals surface area contributed by atoms with Gasteiger partial charge in [-0.3, -0.25) is 14.7 Å². The summed E-state index contributed by atoms with van der Waals surface area (Å²) >= 11 is 0. The number of amides is 2. The second-order valence-electron chi connectivity index (χ2n) is 10.7. The van der Waals surface area contributed by atoms with Gasteiger partial charge >= 0.3 is 0 Å². The monoisotopic (exact) mass is 575 g/mol. The van der Waals surface area contributed by atoms with E-state index in [0.29, 0.717) is 37.8 Å². The van der Waals surface area contributed by atoms with Crippen LogP contribution in [-0.4, -0.2) is 94.6 Å². The summed E-state index contributed by atoms with van der Waals surface area (Å²) in [5.74, 6) is -0.837. The normalized spacial score (nSPS) is 18.4. The molecule has 5 rings (SSSR count). The molecule has 2 N–H and O–H groups in total. The molecule has 0 spiro atoms. The van der Waals surface area contributed by atoms with Crippen LogP contribution in [0.2, 0.25) is 0 Å². The smallest absolute Gasteiger partial charge is 0.282 e. The molecule has 1 fully saturated rings. The lowest BCUT2D eigenvalue weighted by molar-refractivity contribution is -0.131. The summed E-state index contributed by atoms with van der Waals surface area (Å²) in [7, 11) is 3.42. The van der Waals surface area contributed by atoms with Crippen LogP contribution < -0.4 is 10.2 Å². The number of carbonyl (C=O) groups excluding carboxylic acids is 2. The molecule has 1 saturated heterocycles. The summed E-state index contributed by atoms with van der Waals surface area (Å²) in [6, 6.07) is 3.51. The number of halogens is 1. The van der Waals surface area contributed by atoms with Crippen LogP contribution >= 0.6 is 0 Å². The number of fused-ring (bicyclic) bond motifs is 2. The number of carbonyl (C=O) groups is 2. The molecule has 0 saturated carbocycles. The first kappa shape index (κ1) is 28.9. The van der Waals surface area contributed by atoms with Crippen molar-refractivity contribution in [2.24, 2.45) is 0 Å². The van der Waals surface area contributed by atoms with Crippen LogP contribution in [0.15, 0.2) is 30.7 Å². The van der Waals surface area contributed by atoms with Crippen molar-refractivity contribution in [2.45, 2.75) is 38.5 Å². The molecule has 3 aromatic rings. The highest BCUT2D eigenvalue weighted by molar-refractivity contribution is 5.91. The standard InChI is InChI=1S/C29H34FN9O3/c1-17-6-7-22-20(14-33-36-22)26(17)24-12-23-21(16-42-24)27(35-29(34-23)32-9-8-25(40)37(4)5)38-10-11-39(28(41)18(2)30)19(15-38)13-31-3/h6-7,14,19,24H,2,8-13,15-16H2,1,4-5H3,(H,33,36)(H,32,34,35)/t19-,24?/m0/s1. The Morgan fingerprint density at radius 2 is 2.12 bits per heavy atom. The van der Waals surface area contributed by atoms with E-state index in [2.05, 4.69) is 26.9 Å². The lowest BCUT2D eigenvalue weighted by atomic mass is 9.93. The topological polar surface area (TPSA) is 124 Å². The van der Waals surface area contributed by atoms with E-state index in [1.807, 2.05) is 24.0 Å². The third-order valence-electron chi connectivity index (χ3n) is 7.78. The van der Waals surface area contributed by atoms with Gasteiger partial charge in [-0.05, 0) is 24.1 Å². The van der Waals surface area contributed by atoms with Gasteiger partial charge in [-0.1, -0.05) is 12.6 Å². The molecule has 0 aliphatic carbocycles. The molecule has 220 valence electrons. The number of nitrogens with zero attached hydrogens (tertiary/aromatic N) is 7. The lowest BCUT2D eigenvalue weighted by Gasteiger charge is -2.40. The summed E-state index contributed by atoms with van der Waals surface area (Å²) in [6.07, 6.45) is 2.31. The zero-order valence-corrected chi connectivity index (χ0v) is 24.0. The van der Waals surface area contributed by atoms with Crippen LogP contribution in [0.5, 0.6) is 0 Å². The van der Waals surface area contributed by atoms with Crippen molar-refractivity contribution < 1.29 is 18.7 Å². The lowest BCUT2D eigenvalue weighted by Crippen LogP contribution is -2.57. The zero-order valence-electron chi connectivity index (χ0n) is 24.0. The highest BCUT2D eigenvalue weighted by Crippen LogP contribution is 2.38. The van der Waals surface area contributed by atoms with Gasteiger partial charge in [0.2, 0.25) is 18.4 Å². The van der Waals surface area contributed by atoms with Crippen LogP contribution in [0.25, 0.3) is 15.7 Å². The molecule has 2 atom stereocenters. The summed E-state index contributed by atoms with van der Waals surface area (Å²) < 4.78 is 20.2. The quantitative estimate of drug-likeness (QED) is 0.311. The van der Waals surface area contributed by atoms with Crippen molar-refractivity contribution in [3.05, 3.63) is 64.5 Å².